The molecule has 0 amide bonds. The van der Waals surface area contributed by atoms with Crippen LogP contribution in [0.15, 0.2) is 176 Å². The van der Waals surface area contributed by atoms with Gasteiger partial charge in [0.15, 0.2) is 0 Å². The number of hydrogen-bond acceptors (Lipinski definition) is 2. The van der Waals surface area contributed by atoms with Crippen molar-refractivity contribution in [1.29, 1.82) is 0 Å². The van der Waals surface area contributed by atoms with Crippen molar-refractivity contribution in [1.82, 2.24) is 0 Å². The second-order valence-corrected chi connectivity index (χ2v) is 13.5. The molecule has 0 spiro atoms. The molecule has 3 heteroatoms. The van der Waals surface area contributed by atoms with Gasteiger partial charge in [0.05, 0.1) is 0 Å². The Balaban J connectivity index is 1.15. The van der Waals surface area contributed by atoms with Crippen LogP contribution in [0.5, 0.6) is 23.0 Å². The summed E-state index contributed by atoms with van der Waals surface area (Å²) in [6.07, 6.45) is 0. The van der Waals surface area contributed by atoms with E-state index in [9.17, 15) is 0 Å². The van der Waals surface area contributed by atoms with Crippen molar-refractivity contribution in [2.24, 2.45) is 0 Å². The van der Waals surface area contributed by atoms with Gasteiger partial charge < -0.3 is 9.47 Å². The van der Waals surface area contributed by atoms with E-state index in [0.29, 0.717) is 0 Å². The highest BCUT2D eigenvalue weighted by Gasteiger charge is 2.40. The van der Waals surface area contributed by atoms with Crippen LogP contribution < -0.4 is 25.9 Å². The SMILES string of the molecule is c1ccc(-c2c3ccccc3c(-c3ccccc3-c3ccc4c(c3)B3c5ccc6ccccc6c5Oc5cccc(c53)O4)c3ccccc23)cc1. The van der Waals surface area contributed by atoms with Gasteiger partial charge in [0.1, 0.15) is 23.0 Å². The fourth-order valence-corrected chi connectivity index (χ4v) is 8.62. The summed E-state index contributed by atoms with van der Waals surface area (Å²) < 4.78 is 13.3. The molecule has 236 valence electrons. The Hall–Kier alpha value is -6.58. The van der Waals surface area contributed by atoms with Gasteiger partial charge in [-0.25, -0.2) is 0 Å². The molecular formula is C48H29BO2. The van der Waals surface area contributed by atoms with Crippen LogP contribution in [0.3, 0.4) is 0 Å². The topological polar surface area (TPSA) is 18.5 Å². The summed E-state index contributed by atoms with van der Waals surface area (Å²) in [5.74, 6) is 3.52. The molecule has 0 fully saturated rings. The average Bonchev–Trinajstić information content (AvgIpc) is 3.20. The first-order valence-electron chi connectivity index (χ1n) is 17.5. The third kappa shape index (κ3) is 4.19. The summed E-state index contributed by atoms with van der Waals surface area (Å²) in [5.41, 5.74) is 10.7. The molecule has 9 aromatic rings. The highest BCUT2D eigenvalue weighted by Crippen LogP contribution is 2.46. The van der Waals surface area contributed by atoms with Gasteiger partial charge in [0.25, 0.3) is 6.71 Å². The molecule has 0 radical (unpaired) electrons. The maximum Gasteiger partial charge on any atom is 0.260 e. The third-order valence-corrected chi connectivity index (χ3v) is 10.8. The molecule has 2 heterocycles. The molecule has 0 atom stereocenters. The number of ether oxygens (including phenoxy) is 2. The summed E-state index contributed by atoms with van der Waals surface area (Å²) in [6.45, 7) is -0.0211. The first kappa shape index (κ1) is 28.3. The third-order valence-electron chi connectivity index (χ3n) is 10.8. The Kier molecular flexibility index (Phi) is 6.08. The number of benzene rings is 9. The number of rotatable bonds is 3. The van der Waals surface area contributed by atoms with Crippen molar-refractivity contribution in [3.05, 3.63) is 176 Å². The lowest BCUT2D eigenvalue weighted by Crippen LogP contribution is -2.57. The zero-order chi connectivity index (χ0) is 33.5. The predicted octanol–water partition coefficient (Wildman–Crippen LogP) is 10.9. The lowest BCUT2D eigenvalue weighted by Gasteiger charge is -2.33. The van der Waals surface area contributed by atoms with E-state index in [1.54, 1.807) is 0 Å². The number of fused-ring (bicyclic) bond motifs is 8. The minimum atomic E-state index is -0.0211. The molecule has 0 saturated heterocycles. The van der Waals surface area contributed by atoms with Crippen molar-refractivity contribution in [3.8, 4) is 56.4 Å². The highest BCUT2D eigenvalue weighted by atomic mass is 16.5. The standard InChI is InChI=1S/C48H29BO2/c1-2-14-31(15-3-1)45-36-19-8-10-21-38(36)46(39-22-11-9-20-37(39)45)35-18-7-6-16-33(35)32-26-28-42-41(29-32)49-40-27-25-30-13-4-5-17-34(30)48(40)51-44-24-12-23-43(50-42)47(44)49/h1-29H. The first-order chi connectivity index (χ1) is 25.3. The van der Waals surface area contributed by atoms with Crippen LogP contribution in [0, 0.1) is 0 Å². The largest absolute Gasteiger partial charge is 0.458 e. The Bertz CT molecular complexity index is 2820. The van der Waals surface area contributed by atoms with Crippen LogP contribution in [0.25, 0.3) is 65.7 Å². The van der Waals surface area contributed by atoms with Crippen LogP contribution in [0.4, 0.5) is 0 Å². The Morgan fingerprint density at radius 2 is 0.961 bits per heavy atom. The predicted molar refractivity (Wildman–Crippen MR) is 213 cm³/mol. The normalized spacial score (nSPS) is 12.6. The van der Waals surface area contributed by atoms with Gasteiger partial charge in [-0.15, -0.1) is 0 Å². The van der Waals surface area contributed by atoms with Crippen LogP contribution in [-0.2, 0) is 0 Å². The van der Waals surface area contributed by atoms with E-state index < -0.39 is 0 Å². The van der Waals surface area contributed by atoms with E-state index in [4.69, 9.17) is 9.47 Å². The van der Waals surface area contributed by atoms with Crippen molar-refractivity contribution in [3.63, 3.8) is 0 Å². The van der Waals surface area contributed by atoms with Crippen LogP contribution >= 0.6 is 0 Å². The zero-order valence-corrected chi connectivity index (χ0v) is 27.6. The van der Waals surface area contributed by atoms with Crippen LogP contribution in [0.2, 0.25) is 0 Å². The molecule has 0 aliphatic carbocycles. The summed E-state index contributed by atoms with van der Waals surface area (Å²) >= 11 is 0. The molecule has 0 saturated carbocycles. The van der Waals surface area contributed by atoms with Crippen LogP contribution in [-0.4, -0.2) is 6.71 Å². The molecule has 2 nitrogen and oxygen atoms in total. The van der Waals surface area contributed by atoms with Gasteiger partial charge in [0.2, 0.25) is 0 Å². The molecule has 9 aromatic carbocycles. The fraction of sp³-hybridized carbons (Fsp3) is 0. The molecule has 11 rings (SSSR count). The molecule has 0 N–H and O–H groups in total. The van der Waals surface area contributed by atoms with Crippen LogP contribution in [0.1, 0.15) is 0 Å². The van der Waals surface area contributed by atoms with E-state index in [1.807, 2.05) is 6.07 Å². The van der Waals surface area contributed by atoms with E-state index in [2.05, 4.69) is 170 Å². The minimum Gasteiger partial charge on any atom is -0.458 e. The van der Waals surface area contributed by atoms with Crippen molar-refractivity contribution in [2.45, 2.75) is 0 Å². The summed E-state index contributed by atoms with van der Waals surface area (Å²) in [7, 11) is 0. The summed E-state index contributed by atoms with van der Waals surface area (Å²) in [6, 6.07) is 63.2. The average molecular weight is 649 g/mol. The first-order valence-corrected chi connectivity index (χ1v) is 17.5. The molecule has 0 bridgehead atoms. The van der Waals surface area contributed by atoms with Gasteiger partial charge in [-0.1, -0.05) is 158 Å². The van der Waals surface area contributed by atoms with E-state index in [0.717, 1.165) is 50.3 Å². The monoisotopic (exact) mass is 648 g/mol. The quantitative estimate of drug-likeness (QED) is 0.140. The Morgan fingerprint density at radius 3 is 1.71 bits per heavy atom. The van der Waals surface area contributed by atoms with Crippen molar-refractivity contribution >= 4 is 55.4 Å². The summed E-state index contributed by atoms with van der Waals surface area (Å²) in [4.78, 5) is 0. The van der Waals surface area contributed by atoms with E-state index in [1.165, 1.54) is 54.7 Å². The van der Waals surface area contributed by atoms with Gasteiger partial charge in [0, 0.05) is 10.8 Å². The van der Waals surface area contributed by atoms with Crippen molar-refractivity contribution < 1.29 is 9.47 Å². The zero-order valence-electron chi connectivity index (χ0n) is 27.6. The summed E-state index contributed by atoms with van der Waals surface area (Å²) in [5, 5.41) is 7.28. The van der Waals surface area contributed by atoms with Crippen molar-refractivity contribution in [2.75, 3.05) is 0 Å². The molecule has 51 heavy (non-hydrogen) atoms. The maximum absolute atomic E-state index is 6.69. The fourth-order valence-electron chi connectivity index (χ4n) is 8.62. The molecule has 0 unspecified atom stereocenters. The van der Waals surface area contributed by atoms with Gasteiger partial charge in [-0.2, -0.15) is 0 Å². The smallest absolute Gasteiger partial charge is 0.260 e. The maximum atomic E-state index is 6.69. The Labute approximate surface area is 296 Å². The molecular weight excluding hydrogens is 619 g/mol. The molecule has 2 aliphatic heterocycles. The second kappa shape index (κ2) is 11.0. The lowest BCUT2D eigenvalue weighted by molar-refractivity contribution is 0.467. The van der Waals surface area contributed by atoms with E-state index >= 15 is 0 Å². The lowest BCUT2D eigenvalue weighted by atomic mass is 9.34. The van der Waals surface area contributed by atoms with E-state index in [-0.39, 0.29) is 6.71 Å². The highest BCUT2D eigenvalue weighted by molar-refractivity contribution is 6.98. The molecule has 2 aliphatic rings. The van der Waals surface area contributed by atoms with Gasteiger partial charge in [-0.3, -0.25) is 0 Å². The second-order valence-electron chi connectivity index (χ2n) is 13.5. The van der Waals surface area contributed by atoms with Gasteiger partial charge in [-0.05, 0) is 89.4 Å². The Morgan fingerprint density at radius 1 is 0.353 bits per heavy atom. The van der Waals surface area contributed by atoms with Gasteiger partial charge >= 0.3 is 0 Å². The minimum absolute atomic E-state index is 0.0211. The molecule has 0 aromatic heterocycles. The number of hydrogen-bond donors (Lipinski definition) is 0.